The lowest BCUT2D eigenvalue weighted by Crippen LogP contribution is -2.56. The van der Waals surface area contributed by atoms with Crippen LogP contribution in [0.3, 0.4) is 0 Å². The number of nitriles is 1. The van der Waals surface area contributed by atoms with E-state index in [-0.39, 0.29) is 30.3 Å². The Morgan fingerprint density at radius 1 is 1.31 bits per heavy atom. The highest BCUT2D eigenvalue weighted by atomic mass is 32.2. The van der Waals surface area contributed by atoms with Gasteiger partial charge in [-0.15, -0.1) is 0 Å². The number of benzene rings is 1. The average Bonchev–Trinajstić information content (AvgIpc) is 2.60. The monoisotopic (exact) mass is 414 g/mol. The van der Waals surface area contributed by atoms with Crippen LogP contribution in [0.1, 0.15) is 50.5 Å². The van der Waals surface area contributed by atoms with Crippen molar-refractivity contribution in [1.82, 2.24) is 0 Å². The maximum absolute atomic E-state index is 12.5. The van der Waals surface area contributed by atoms with Crippen LogP contribution in [0, 0.1) is 34.8 Å². The molecular weight excluding hydrogens is 388 g/mol. The van der Waals surface area contributed by atoms with Gasteiger partial charge >= 0.3 is 5.97 Å². The van der Waals surface area contributed by atoms with Gasteiger partial charge in [-0.05, 0) is 98.2 Å². The van der Waals surface area contributed by atoms with Crippen LogP contribution < -0.4 is 5.32 Å². The third-order valence-electron chi connectivity index (χ3n) is 6.67. The van der Waals surface area contributed by atoms with Crippen molar-refractivity contribution in [3.63, 3.8) is 0 Å². The molecule has 4 aliphatic carbocycles. The van der Waals surface area contributed by atoms with Crippen LogP contribution in [0.4, 0.5) is 5.69 Å². The first kappa shape index (κ1) is 20.2. The summed E-state index contributed by atoms with van der Waals surface area (Å²) < 4.78 is 5.27. The molecule has 0 aromatic heterocycles. The maximum atomic E-state index is 12.5. The van der Waals surface area contributed by atoms with E-state index in [1.807, 2.05) is 18.4 Å². The number of anilines is 1. The molecule has 0 aliphatic heterocycles. The molecule has 2 N–H and O–H groups in total. The van der Waals surface area contributed by atoms with Gasteiger partial charge in [-0.3, -0.25) is 9.59 Å². The molecule has 4 aliphatic rings. The van der Waals surface area contributed by atoms with E-state index in [2.05, 4.69) is 5.32 Å². The molecule has 2 unspecified atom stereocenters. The quantitative estimate of drug-likeness (QED) is 0.418. The van der Waals surface area contributed by atoms with E-state index < -0.39 is 5.60 Å². The number of nitrogens with one attached hydrogen (secondary N) is 1. The molecule has 1 aromatic carbocycles. The molecule has 4 atom stereocenters. The predicted molar refractivity (Wildman–Crippen MR) is 109 cm³/mol. The standard InChI is InChI=1S/C22H26N2O4S/c1-14-4-17(29-13-23)2-3-18(14)24-19(25)11-28-20(26)10-21-6-15-5-16(7-21)9-22(27,8-15)12-21/h2-4,15-16,27H,5-12H2,1H3,(H,24,25)/t15-,16+,21?,22?. The summed E-state index contributed by atoms with van der Waals surface area (Å²) in [6.07, 6.45) is 5.85. The van der Waals surface area contributed by atoms with E-state index in [4.69, 9.17) is 10.00 Å². The number of carbonyl (C=O) groups is 2. The zero-order valence-electron chi connectivity index (χ0n) is 16.6. The van der Waals surface area contributed by atoms with Crippen molar-refractivity contribution in [3.8, 4) is 5.40 Å². The van der Waals surface area contributed by atoms with Gasteiger partial charge in [-0.2, -0.15) is 5.26 Å². The smallest absolute Gasteiger partial charge is 0.306 e. The predicted octanol–water partition coefficient (Wildman–Crippen LogP) is 3.77. The van der Waals surface area contributed by atoms with Gasteiger partial charge in [0, 0.05) is 10.6 Å². The highest BCUT2D eigenvalue weighted by molar-refractivity contribution is 8.03. The number of hydrogen-bond acceptors (Lipinski definition) is 6. The summed E-state index contributed by atoms with van der Waals surface area (Å²) >= 11 is 1.06. The topological polar surface area (TPSA) is 99.4 Å². The van der Waals surface area contributed by atoms with Crippen LogP contribution in [0.25, 0.3) is 0 Å². The van der Waals surface area contributed by atoms with Crippen molar-refractivity contribution in [3.05, 3.63) is 23.8 Å². The first-order valence-corrected chi connectivity index (χ1v) is 10.9. The van der Waals surface area contributed by atoms with E-state index in [0.717, 1.165) is 47.9 Å². The number of rotatable bonds is 6. The Hall–Kier alpha value is -2.04. The highest BCUT2D eigenvalue weighted by Crippen LogP contribution is 2.62. The van der Waals surface area contributed by atoms with E-state index >= 15 is 0 Å². The first-order chi connectivity index (χ1) is 13.8. The van der Waals surface area contributed by atoms with Gasteiger partial charge in [0.25, 0.3) is 5.91 Å². The van der Waals surface area contributed by atoms with Crippen molar-refractivity contribution < 1.29 is 19.4 Å². The Labute approximate surface area is 175 Å². The minimum Gasteiger partial charge on any atom is -0.456 e. The summed E-state index contributed by atoms with van der Waals surface area (Å²) in [4.78, 5) is 25.5. The van der Waals surface area contributed by atoms with Crippen molar-refractivity contribution >= 4 is 29.3 Å². The number of carbonyl (C=O) groups excluding carboxylic acids is 2. The Bertz CT molecular complexity index is 864. The van der Waals surface area contributed by atoms with E-state index in [9.17, 15) is 14.7 Å². The minimum atomic E-state index is -0.602. The van der Waals surface area contributed by atoms with Gasteiger partial charge < -0.3 is 15.2 Å². The number of nitrogens with zero attached hydrogens (tertiary/aromatic N) is 1. The molecular formula is C22H26N2O4S. The van der Waals surface area contributed by atoms with Gasteiger partial charge in [0.2, 0.25) is 0 Å². The van der Waals surface area contributed by atoms with Gasteiger partial charge in [0.15, 0.2) is 6.61 Å². The molecule has 4 fully saturated rings. The number of aliphatic hydroxyl groups is 1. The van der Waals surface area contributed by atoms with Gasteiger partial charge in [0.05, 0.1) is 12.0 Å². The number of aryl methyl sites for hydroxylation is 1. The van der Waals surface area contributed by atoms with Crippen molar-refractivity contribution in [2.45, 2.75) is 62.4 Å². The number of ether oxygens (including phenoxy) is 1. The molecule has 154 valence electrons. The Morgan fingerprint density at radius 2 is 2.03 bits per heavy atom. The normalized spacial score (nSPS) is 31.9. The van der Waals surface area contributed by atoms with Gasteiger partial charge in [-0.1, -0.05) is 0 Å². The second-order valence-corrected chi connectivity index (χ2v) is 10.1. The minimum absolute atomic E-state index is 0.156. The average molecular weight is 415 g/mol. The summed E-state index contributed by atoms with van der Waals surface area (Å²) in [6, 6.07) is 5.33. The molecule has 0 radical (unpaired) electrons. The summed E-state index contributed by atoms with van der Waals surface area (Å²) in [7, 11) is 0. The number of thioether (sulfide) groups is 1. The first-order valence-electron chi connectivity index (χ1n) is 10.1. The molecule has 29 heavy (non-hydrogen) atoms. The van der Waals surface area contributed by atoms with Crippen LogP contribution in [0.2, 0.25) is 0 Å². The van der Waals surface area contributed by atoms with Crippen molar-refractivity contribution in [2.75, 3.05) is 11.9 Å². The fourth-order valence-corrected chi connectivity index (χ4v) is 6.67. The van der Waals surface area contributed by atoms with Crippen LogP contribution >= 0.6 is 11.8 Å². The lowest BCUT2D eigenvalue weighted by Gasteiger charge is -2.60. The van der Waals surface area contributed by atoms with Crippen molar-refractivity contribution in [1.29, 1.82) is 5.26 Å². The van der Waals surface area contributed by atoms with Crippen LogP contribution in [-0.2, 0) is 14.3 Å². The lowest BCUT2D eigenvalue weighted by molar-refractivity contribution is -0.177. The summed E-state index contributed by atoms with van der Waals surface area (Å²) in [5, 5.41) is 24.3. The largest absolute Gasteiger partial charge is 0.456 e. The second-order valence-electron chi connectivity index (χ2n) is 9.24. The van der Waals surface area contributed by atoms with E-state index in [1.165, 1.54) is 6.42 Å². The lowest BCUT2D eigenvalue weighted by atomic mass is 9.47. The molecule has 1 amide bonds. The zero-order chi connectivity index (χ0) is 20.6. The summed E-state index contributed by atoms with van der Waals surface area (Å²) in [5.74, 6) is 0.291. The molecule has 1 aromatic rings. The summed E-state index contributed by atoms with van der Waals surface area (Å²) in [5.41, 5.74) is 0.718. The fourth-order valence-electron chi connectivity index (χ4n) is 6.19. The molecule has 5 rings (SSSR count). The Morgan fingerprint density at radius 3 is 2.66 bits per heavy atom. The molecule has 4 bridgehead atoms. The SMILES string of the molecule is Cc1cc(SC#N)ccc1NC(=O)COC(=O)CC12C[C@@H]3C[C@@H](CC(O)(C3)C1)C2. The van der Waals surface area contributed by atoms with Crippen molar-refractivity contribution in [2.24, 2.45) is 17.3 Å². The molecule has 6 nitrogen and oxygen atoms in total. The fraction of sp³-hybridized carbons (Fsp3) is 0.591. The zero-order valence-corrected chi connectivity index (χ0v) is 17.4. The molecule has 7 heteroatoms. The Kier molecular flexibility index (Phi) is 5.34. The molecule has 0 saturated heterocycles. The summed E-state index contributed by atoms with van der Waals surface area (Å²) in [6.45, 7) is 1.53. The van der Waals surface area contributed by atoms with E-state index in [0.29, 0.717) is 23.9 Å². The maximum Gasteiger partial charge on any atom is 0.306 e. The number of hydrogen-bond donors (Lipinski definition) is 2. The molecule has 4 saturated carbocycles. The molecule has 0 spiro atoms. The van der Waals surface area contributed by atoms with E-state index in [1.54, 1.807) is 12.1 Å². The second kappa shape index (κ2) is 7.66. The number of thiocyanates is 1. The molecule has 0 heterocycles. The highest BCUT2D eigenvalue weighted by Gasteiger charge is 2.57. The third kappa shape index (κ3) is 4.44. The van der Waals surface area contributed by atoms with Gasteiger partial charge in [-0.25, -0.2) is 0 Å². The third-order valence-corrected chi connectivity index (χ3v) is 7.25. The van der Waals surface area contributed by atoms with Gasteiger partial charge in [0.1, 0.15) is 5.40 Å². The van der Waals surface area contributed by atoms with Crippen LogP contribution in [-0.4, -0.2) is 29.2 Å². The number of amides is 1. The van der Waals surface area contributed by atoms with Crippen LogP contribution in [0.15, 0.2) is 23.1 Å². The van der Waals surface area contributed by atoms with Crippen LogP contribution in [0.5, 0.6) is 0 Å². The Balaban J connectivity index is 1.29. The number of esters is 1.